The van der Waals surface area contributed by atoms with Crippen LogP contribution >= 0.6 is 22.9 Å². The van der Waals surface area contributed by atoms with Crippen LogP contribution < -0.4 is 0 Å². The smallest absolute Gasteiger partial charge is 0.124 e. The molecule has 0 saturated carbocycles. The third kappa shape index (κ3) is 4.05. The molecule has 0 aliphatic rings. The zero-order valence-electron chi connectivity index (χ0n) is 11.9. The molecule has 108 valence electrons. The van der Waals surface area contributed by atoms with Gasteiger partial charge in [-0.2, -0.15) is 0 Å². The number of hydrogen-bond acceptors (Lipinski definition) is 3. The number of hydrogen-bond donors (Lipinski definition) is 0. The maximum atomic E-state index is 5.91. The van der Waals surface area contributed by atoms with Crippen LogP contribution in [0.5, 0.6) is 0 Å². The molecule has 0 fully saturated rings. The fraction of sp³-hybridized carbons (Fsp3) is 0.438. The van der Waals surface area contributed by atoms with E-state index in [-0.39, 0.29) is 0 Å². The summed E-state index contributed by atoms with van der Waals surface area (Å²) < 4.78 is 5.91. The first-order valence-electron chi connectivity index (χ1n) is 6.94. The van der Waals surface area contributed by atoms with E-state index in [1.54, 1.807) is 11.3 Å². The molecular formula is C16H20ClNOS. The van der Waals surface area contributed by atoms with Crippen molar-refractivity contribution in [3.63, 3.8) is 0 Å². The molecule has 1 heterocycles. The summed E-state index contributed by atoms with van der Waals surface area (Å²) in [5, 5.41) is 3.03. The number of halogens is 1. The molecule has 0 saturated heterocycles. The molecule has 0 bridgehead atoms. The van der Waals surface area contributed by atoms with Gasteiger partial charge in [0.15, 0.2) is 0 Å². The largest absolute Gasteiger partial charge is 0.374 e. The van der Waals surface area contributed by atoms with E-state index in [0.717, 1.165) is 29.1 Å². The third-order valence-corrected chi connectivity index (χ3v) is 4.35. The molecule has 2 aromatic rings. The zero-order chi connectivity index (χ0) is 14.4. The fourth-order valence-electron chi connectivity index (χ4n) is 2.07. The van der Waals surface area contributed by atoms with Gasteiger partial charge in [0.25, 0.3) is 0 Å². The molecule has 20 heavy (non-hydrogen) atoms. The van der Waals surface area contributed by atoms with Gasteiger partial charge in [0.2, 0.25) is 0 Å². The summed E-state index contributed by atoms with van der Waals surface area (Å²) in [6.07, 6.45) is 2.53. The molecule has 1 unspecified atom stereocenters. The monoisotopic (exact) mass is 309 g/mol. The van der Waals surface area contributed by atoms with Crippen molar-refractivity contribution in [2.24, 2.45) is 0 Å². The van der Waals surface area contributed by atoms with Crippen LogP contribution in [-0.2, 0) is 17.2 Å². The lowest BCUT2D eigenvalue weighted by Gasteiger charge is -2.13. The van der Waals surface area contributed by atoms with Gasteiger partial charge in [-0.3, -0.25) is 0 Å². The van der Waals surface area contributed by atoms with E-state index in [9.17, 15) is 0 Å². The van der Waals surface area contributed by atoms with E-state index in [4.69, 9.17) is 16.3 Å². The molecule has 2 rings (SSSR count). The minimum absolute atomic E-state index is 0.294. The number of nitrogens with zero attached hydrogens (tertiary/aromatic N) is 1. The Morgan fingerprint density at radius 3 is 2.85 bits per heavy atom. The van der Waals surface area contributed by atoms with Crippen LogP contribution in [0.25, 0.3) is 10.6 Å². The average molecular weight is 310 g/mol. The van der Waals surface area contributed by atoms with Crippen molar-refractivity contribution in [2.75, 3.05) is 0 Å². The molecule has 1 atom stereocenters. The van der Waals surface area contributed by atoms with Crippen molar-refractivity contribution >= 4 is 22.9 Å². The van der Waals surface area contributed by atoms with Crippen molar-refractivity contribution in [1.29, 1.82) is 0 Å². The van der Waals surface area contributed by atoms with Gasteiger partial charge in [0.05, 0.1) is 24.3 Å². The first kappa shape index (κ1) is 15.5. The Labute approximate surface area is 129 Å². The van der Waals surface area contributed by atoms with Gasteiger partial charge in [0, 0.05) is 10.9 Å². The molecule has 0 N–H and O–H groups in total. The van der Waals surface area contributed by atoms with E-state index in [2.05, 4.69) is 31.0 Å². The van der Waals surface area contributed by atoms with Crippen molar-refractivity contribution in [1.82, 2.24) is 4.98 Å². The lowest BCUT2D eigenvalue weighted by atomic mass is 10.1. The Hall–Kier alpha value is -0.900. The minimum atomic E-state index is 0.294. The first-order chi connectivity index (χ1) is 9.74. The zero-order valence-corrected chi connectivity index (χ0v) is 13.5. The fourth-order valence-corrected chi connectivity index (χ4v) is 3.18. The molecule has 1 aromatic carbocycles. The highest BCUT2D eigenvalue weighted by Gasteiger charge is 2.10. The number of rotatable bonds is 7. The summed E-state index contributed by atoms with van der Waals surface area (Å²) in [4.78, 5) is 4.55. The van der Waals surface area contributed by atoms with Crippen LogP contribution in [0.15, 0.2) is 29.6 Å². The highest BCUT2D eigenvalue weighted by atomic mass is 35.5. The van der Waals surface area contributed by atoms with Gasteiger partial charge in [-0.15, -0.1) is 22.9 Å². The standard InChI is InChI=1S/C16H20ClNOS/c1-3-6-12(2)19-10-13-7-4-5-8-15(13)16-18-14(9-17)11-20-16/h4-5,7-8,11-12H,3,6,9-10H2,1-2H3. The molecule has 0 radical (unpaired) electrons. The first-order valence-corrected chi connectivity index (χ1v) is 8.36. The summed E-state index contributed by atoms with van der Waals surface area (Å²) in [5.41, 5.74) is 3.27. The average Bonchev–Trinajstić information content (AvgIpc) is 2.94. The van der Waals surface area contributed by atoms with E-state index >= 15 is 0 Å². The van der Waals surface area contributed by atoms with Crippen LogP contribution in [0.4, 0.5) is 0 Å². The number of benzene rings is 1. The Kier molecular flexibility index (Phi) is 6.02. The van der Waals surface area contributed by atoms with Crippen molar-refractivity contribution < 1.29 is 4.74 Å². The summed E-state index contributed by atoms with van der Waals surface area (Å²) in [7, 11) is 0. The van der Waals surface area contributed by atoms with Crippen LogP contribution in [0.1, 0.15) is 37.9 Å². The van der Waals surface area contributed by atoms with Crippen LogP contribution in [-0.4, -0.2) is 11.1 Å². The van der Waals surface area contributed by atoms with Crippen molar-refractivity contribution in [2.45, 2.75) is 45.3 Å². The van der Waals surface area contributed by atoms with Crippen molar-refractivity contribution in [3.8, 4) is 10.6 Å². The SMILES string of the molecule is CCCC(C)OCc1ccccc1-c1nc(CCl)cs1. The van der Waals surface area contributed by atoms with E-state index in [1.807, 2.05) is 17.5 Å². The highest BCUT2D eigenvalue weighted by molar-refractivity contribution is 7.13. The van der Waals surface area contributed by atoms with E-state index < -0.39 is 0 Å². The number of alkyl halides is 1. The Bertz CT molecular complexity index is 541. The molecule has 2 nitrogen and oxygen atoms in total. The van der Waals surface area contributed by atoms with Gasteiger partial charge >= 0.3 is 0 Å². The topological polar surface area (TPSA) is 22.1 Å². The van der Waals surface area contributed by atoms with Gasteiger partial charge in [0.1, 0.15) is 5.01 Å². The molecule has 0 aliphatic carbocycles. The van der Waals surface area contributed by atoms with Crippen LogP contribution in [0.2, 0.25) is 0 Å². The maximum Gasteiger partial charge on any atom is 0.124 e. The third-order valence-electron chi connectivity index (χ3n) is 3.15. The number of aromatic nitrogens is 1. The Morgan fingerprint density at radius 2 is 2.15 bits per heavy atom. The molecule has 0 amide bonds. The molecule has 1 aromatic heterocycles. The van der Waals surface area contributed by atoms with Crippen LogP contribution in [0.3, 0.4) is 0 Å². The lowest BCUT2D eigenvalue weighted by molar-refractivity contribution is 0.0474. The Morgan fingerprint density at radius 1 is 1.35 bits per heavy atom. The van der Waals surface area contributed by atoms with E-state index in [0.29, 0.717) is 18.6 Å². The predicted octanol–water partition coefficient (Wildman–Crippen LogP) is 5.25. The molecule has 0 spiro atoms. The number of thiazole rings is 1. The van der Waals surface area contributed by atoms with Gasteiger partial charge in [-0.1, -0.05) is 37.6 Å². The number of ether oxygens (including phenoxy) is 1. The molecular weight excluding hydrogens is 290 g/mol. The Balaban J connectivity index is 2.13. The summed E-state index contributed by atoms with van der Waals surface area (Å²) in [6, 6.07) is 8.29. The van der Waals surface area contributed by atoms with Gasteiger partial charge < -0.3 is 4.74 Å². The second-order valence-electron chi connectivity index (χ2n) is 4.85. The summed E-state index contributed by atoms with van der Waals surface area (Å²) >= 11 is 7.46. The van der Waals surface area contributed by atoms with E-state index in [1.165, 1.54) is 5.56 Å². The van der Waals surface area contributed by atoms with Gasteiger partial charge in [-0.05, 0) is 18.9 Å². The van der Waals surface area contributed by atoms with Crippen LogP contribution in [0, 0.1) is 0 Å². The lowest BCUT2D eigenvalue weighted by Crippen LogP contribution is -2.07. The quantitative estimate of drug-likeness (QED) is 0.651. The predicted molar refractivity (Wildman–Crippen MR) is 86.3 cm³/mol. The second-order valence-corrected chi connectivity index (χ2v) is 5.97. The second kappa shape index (κ2) is 7.77. The highest BCUT2D eigenvalue weighted by Crippen LogP contribution is 2.28. The minimum Gasteiger partial charge on any atom is -0.374 e. The molecule has 4 heteroatoms. The molecule has 0 aliphatic heterocycles. The summed E-state index contributed by atoms with van der Waals surface area (Å²) in [6.45, 7) is 4.94. The maximum absolute atomic E-state index is 5.91. The van der Waals surface area contributed by atoms with Gasteiger partial charge in [-0.25, -0.2) is 4.98 Å². The van der Waals surface area contributed by atoms with Crippen molar-refractivity contribution in [3.05, 3.63) is 40.9 Å². The normalized spacial score (nSPS) is 12.6. The summed E-state index contributed by atoms with van der Waals surface area (Å²) in [5.74, 6) is 0.461.